The minimum absolute atomic E-state index is 0.411. The normalized spacial score (nSPS) is 12.0. The van der Waals surface area contributed by atoms with Crippen molar-refractivity contribution in [3.8, 4) is 0 Å². The van der Waals surface area contributed by atoms with Gasteiger partial charge in [-0.25, -0.2) is 4.98 Å². The van der Waals surface area contributed by atoms with E-state index in [9.17, 15) is 0 Å². The van der Waals surface area contributed by atoms with Gasteiger partial charge >= 0.3 is 0 Å². The fourth-order valence-corrected chi connectivity index (χ4v) is 3.20. The maximum Gasteiger partial charge on any atom is 0.146 e. The topological polar surface area (TPSA) is 30.2 Å². The first-order valence-corrected chi connectivity index (χ1v) is 7.74. The second kappa shape index (κ2) is 4.54. The fraction of sp³-hybridized carbons (Fsp3) is 0.263. The highest BCUT2D eigenvalue weighted by Crippen LogP contribution is 2.29. The van der Waals surface area contributed by atoms with Crippen molar-refractivity contribution < 1.29 is 0 Å². The van der Waals surface area contributed by atoms with Crippen molar-refractivity contribution in [1.29, 1.82) is 0 Å². The van der Waals surface area contributed by atoms with Crippen LogP contribution in [-0.4, -0.2) is 14.4 Å². The molecule has 0 saturated carbocycles. The highest BCUT2D eigenvalue weighted by atomic mass is 15.0. The Morgan fingerprint density at radius 3 is 2.50 bits per heavy atom. The third kappa shape index (κ3) is 1.68. The van der Waals surface area contributed by atoms with Gasteiger partial charge in [0.25, 0.3) is 0 Å². The van der Waals surface area contributed by atoms with E-state index in [4.69, 9.17) is 4.98 Å². The van der Waals surface area contributed by atoms with Crippen molar-refractivity contribution in [2.24, 2.45) is 0 Å². The molecule has 3 aromatic heterocycles. The summed E-state index contributed by atoms with van der Waals surface area (Å²) in [7, 11) is 0. The van der Waals surface area contributed by atoms with Gasteiger partial charge in [0.1, 0.15) is 5.65 Å². The third-order valence-corrected chi connectivity index (χ3v) is 4.60. The Hall–Kier alpha value is -2.42. The number of nitrogens with zero attached hydrogens (tertiary/aromatic N) is 3. The zero-order chi connectivity index (χ0) is 15.4. The maximum absolute atomic E-state index is 4.91. The Balaban J connectivity index is 2.23. The van der Waals surface area contributed by atoms with Gasteiger partial charge in [0.05, 0.1) is 17.2 Å². The van der Waals surface area contributed by atoms with Crippen LogP contribution in [0.15, 0.2) is 36.5 Å². The third-order valence-electron chi connectivity index (χ3n) is 4.60. The Kier molecular flexibility index (Phi) is 2.73. The van der Waals surface area contributed by atoms with E-state index in [0.717, 1.165) is 22.4 Å². The van der Waals surface area contributed by atoms with E-state index in [1.54, 1.807) is 0 Å². The van der Waals surface area contributed by atoms with E-state index < -0.39 is 0 Å². The summed E-state index contributed by atoms with van der Waals surface area (Å²) >= 11 is 0. The molecule has 3 heterocycles. The predicted octanol–water partition coefficient (Wildman–Crippen LogP) is 4.78. The second-order valence-corrected chi connectivity index (χ2v) is 6.28. The number of aromatic nitrogens is 3. The molecule has 0 bridgehead atoms. The van der Waals surface area contributed by atoms with Crippen LogP contribution in [0.25, 0.3) is 27.5 Å². The van der Waals surface area contributed by atoms with Gasteiger partial charge in [-0.15, -0.1) is 0 Å². The molecule has 4 aromatic rings. The van der Waals surface area contributed by atoms with Crippen LogP contribution in [0.2, 0.25) is 0 Å². The number of fused-ring (bicyclic) bond motifs is 5. The van der Waals surface area contributed by atoms with Crippen molar-refractivity contribution in [3.63, 3.8) is 0 Å². The fourth-order valence-electron chi connectivity index (χ4n) is 3.20. The van der Waals surface area contributed by atoms with E-state index >= 15 is 0 Å². The van der Waals surface area contributed by atoms with Gasteiger partial charge in [-0.2, -0.15) is 0 Å². The number of pyridine rings is 2. The van der Waals surface area contributed by atoms with E-state index in [2.05, 4.69) is 67.4 Å². The van der Waals surface area contributed by atoms with Gasteiger partial charge in [0.15, 0.2) is 0 Å². The van der Waals surface area contributed by atoms with Crippen LogP contribution in [0.4, 0.5) is 0 Å². The van der Waals surface area contributed by atoms with E-state index in [-0.39, 0.29) is 0 Å². The van der Waals surface area contributed by atoms with Crippen LogP contribution in [0.5, 0.6) is 0 Å². The summed E-state index contributed by atoms with van der Waals surface area (Å²) < 4.78 is 2.24. The van der Waals surface area contributed by atoms with Crippen molar-refractivity contribution in [2.75, 3.05) is 0 Å². The van der Waals surface area contributed by atoms with Crippen LogP contribution in [0.3, 0.4) is 0 Å². The van der Waals surface area contributed by atoms with Crippen LogP contribution < -0.4 is 0 Å². The Bertz CT molecular complexity index is 1030. The Morgan fingerprint density at radius 2 is 1.77 bits per heavy atom. The average Bonchev–Trinajstić information content (AvgIpc) is 2.91. The first kappa shape index (κ1) is 13.3. The molecule has 0 aliphatic heterocycles. The van der Waals surface area contributed by atoms with Crippen LogP contribution in [0.1, 0.15) is 36.7 Å². The SMILES string of the molecule is Cc1c(C)n2c3cnc(C(C)C)cc3nc2c2ccccc12. The number of aryl methyl sites for hydroxylation is 2. The largest absolute Gasteiger partial charge is 0.295 e. The summed E-state index contributed by atoms with van der Waals surface area (Å²) in [5.74, 6) is 0.411. The molecule has 22 heavy (non-hydrogen) atoms. The lowest BCUT2D eigenvalue weighted by molar-refractivity contribution is 0.825. The first-order valence-electron chi connectivity index (χ1n) is 7.74. The average molecular weight is 289 g/mol. The van der Waals surface area contributed by atoms with Gasteiger partial charge < -0.3 is 0 Å². The molecule has 0 atom stereocenters. The molecular formula is C19H19N3. The van der Waals surface area contributed by atoms with Gasteiger partial charge in [0, 0.05) is 16.8 Å². The molecule has 0 N–H and O–H groups in total. The summed E-state index contributed by atoms with van der Waals surface area (Å²) in [4.78, 5) is 9.53. The molecule has 0 radical (unpaired) electrons. The lowest BCUT2D eigenvalue weighted by Crippen LogP contribution is -1.97. The predicted molar refractivity (Wildman–Crippen MR) is 91.6 cm³/mol. The zero-order valence-corrected chi connectivity index (χ0v) is 13.4. The summed E-state index contributed by atoms with van der Waals surface area (Å²) in [6.07, 6.45) is 1.96. The molecule has 3 nitrogen and oxygen atoms in total. The van der Waals surface area contributed by atoms with Crippen molar-refractivity contribution >= 4 is 27.5 Å². The molecule has 4 rings (SSSR count). The molecule has 110 valence electrons. The standard InChI is InChI=1S/C19H19N3/c1-11(2)16-9-17-18(10-20-16)22-13(4)12(3)14-7-5-6-8-15(14)19(22)21-17/h5-11H,1-4H3. The lowest BCUT2D eigenvalue weighted by atomic mass is 10.1. The second-order valence-electron chi connectivity index (χ2n) is 6.28. The quantitative estimate of drug-likeness (QED) is 0.505. The molecule has 0 aliphatic rings. The van der Waals surface area contributed by atoms with E-state index in [0.29, 0.717) is 5.92 Å². The molecule has 0 amide bonds. The molecule has 3 heteroatoms. The van der Waals surface area contributed by atoms with Gasteiger partial charge in [-0.1, -0.05) is 38.1 Å². The number of benzene rings is 1. The number of imidazole rings is 1. The highest BCUT2D eigenvalue weighted by Gasteiger charge is 2.14. The molecular weight excluding hydrogens is 270 g/mol. The van der Waals surface area contributed by atoms with Gasteiger partial charge in [-0.05, 0) is 36.8 Å². The monoisotopic (exact) mass is 289 g/mol. The van der Waals surface area contributed by atoms with Crippen LogP contribution in [0, 0.1) is 13.8 Å². The summed E-state index contributed by atoms with van der Waals surface area (Å²) in [6.45, 7) is 8.66. The van der Waals surface area contributed by atoms with E-state index in [1.807, 2.05) is 6.20 Å². The smallest absolute Gasteiger partial charge is 0.146 e. The number of hydrogen-bond donors (Lipinski definition) is 0. The summed E-state index contributed by atoms with van der Waals surface area (Å²) in [5, 5.41) is 2.48. The Labute approximate surface area is 129 Å². The molecule has 0 aliphatic carbocycles. The van der Waals surface area contributed by atoms with Crippen molar-refractivity contribution in [3.05, 3.63) is 53.5 Å². The first-order chi connectivity index (χ1) is 10.6. The Morgan fingerprint density at radius 1 is 1.05 bits per heavy atom. The molecule has 0 spiro atoms. The molecule has 0 saturated heterocycles. The lowest BCUT2D eigenvalue weighted by Gasteiger charge is -2.10. The number of rotatable bonds is 1. The molecule has 1 aromatic carbocycles. The zero-order valence-electron chi connectivity index (χ0n) is 13.4. The molecule has 0 unspecified atom stereocenters. The minimum Gasteiger partial charge on any atom is -0.295 e. The van der Waals surface area contributed by atoms with Gasteiger partial charge in [-0.3, -0.25) is 9.38 Å². The summed E-state index contributed by atoms with van der Waals surface area (Å²) in [5.41, 5.74) is 6.76. The van der Waals surface area contributed by atoms with Crippen LogP contribution in [-0.2, 0) is 0 Å². The van der Waals surface area contributed by atoms with Gasteiger partial charge in [0.2, 0.25) is 0 Å². The summed E-state index contributed by atoms with van der Waals surface area (Å²) in [6, 6.07) is 10.6. The minimum atomic E-state index is 0.411. The van der Waals surface area contributed by atoms with Crippen molar-refractivity contribution in [1.82, 2.24) is 14.4 Å². The van der Waals surface area contributed by atoms with E-state index in [1.165, 1.54) is 22.0 Å². The van der Waals surface area contributed by atoms with Crippen molar-refractivity contribution in [2.45, 2.75) is 33.6 Å². The highest BCUT2D eigenvalue weighted by molar-refractivity contribution is 6.00. The molecule has 0 fully saturated rings. The number of hydrogen-bond acceptors (Lipinski definition) is 2. The maximum atomic E-state index is 4.91. The van der Waals surface area contributed by atoms with Crippen LogP contribution >= 0.6 is 0 Å².